The number of benzene rings is 1. The molecule has 1 aromatic rings. The average molecular weight is 299 g/mol. The molecule has 0 spiro atoms. The van der Waals surface area contributed by atoms with Crippen molar-refractivity contribution in [3.05, 3.63) is 35.9 Å². The molecule has 112 valence electrons. The highest BCUT2D eigenvalue weighted by molar-refractivity contribution is 6.25. The van der Waals surface area contributed by atoms with E-state index < -0.39 is 16.9 Å². The van der Waals surface area contributed by atoms with Gasteiger partial charge in [-0.1, -0.05) is 56.5 Å². The van der Waals surface area contributed by atoms with Crippen LogP contribution in [0, 0.1) is 0 Å². The van der Waals surface area contributed by atoms with Crippen LogP contribution in [0.15, 0.2) is 30.3 Å². The van der Waals surface area contributed by atoms with Crippen LogP contribution in [0.25, 0.3) is 0 Å². The maximum atomic E-state index is 11.8. The first-order valence-electron chi connectivity index (χ1n) is 7.09. The fraction of sp³-hybridized carbons (Fsp3) is 0.562. The fourth-order valence-electron chi connectivity index (χ4n) is 1.92. The van der Waals surface area contributed by atoms with Gasteiger partial charge in [-0.2, -0.15) is 0 Å². The summed E-state index contributed by atoms with van der Waals surface area (Å²) in [6.07, 6.45) is 2.72. The highest BCUT2D eigenvalue weighted by Crippen LogP contribution is 2.32. The van der Waals surface area contributed by atoms with Crippen LogP contribution in [0.2, 0.25) is 0 Å². The minimum absolute atomic E-state index is 0.331. The number of esters is 1. The second-order valence-electron chi connectivity index (χ2n) is 5.07. The van der Waals surface area contributed by atoms with Gasteiger partial charge in [0, 0.05) is 0 Å². The Balaban J connectivity index is 2.51. The molecule has 0 aliphatic heterocycles. The molecule has 1 N–H and O–H groups in total. The molecular formula is C16H23ClO3. The van der Waals surface area contributed by atoms with Gasteiger partial charge in [-0.15, -0.1) is 11.6 Å². The van der Waals surface area contributed by atoms with Gasteiger partial charge in [0.1, 0.15) is 4.87 Å². The number of hydrogen-bond donors (Lipinski definition) is 1. The van der Waals surface area contributed by atoms with Crippen LogP contribution < -0.4 is 0 Å². The first-order valence-corrected chi connectivity index (χ1v) is 7.47. The summed E-state index contributed by atoms with van der Waals surface area (Å²) in [5, 5.41) is 10.1. The first-order chi connectivity index (χ1) is 9.50. The zero-order valence-electron chi connectivity index (χ0n) is 12.1. The largest absolute Gasteiger partial charge is 0.464 e. The van der Waals surface area contributed by atoms with Crippen molar-refractivity contribution < 1.29 is 14.6 Å². The van der Waals surface area contributed by atoms with Crippen LogP contribution in [0.1, 0.15) is 45.1 Å². The van der Waals surface area contributed by atoms with E-state index in [4.69, 9.17) is 16.3 Å². The predicted molar refractivity (Wildman–Crippen MR) is 80.8 cm³/mol. The van der Waals surface area contributed by atoms with E-state index in [1.54, 1.807) is 19.1 Å². The minimum Gasteiger partial charge on any atom is -0.464 e. The molecule has 0 unspecified atom stereocenters. The molecule has 0 radical (unpaired) electrons. The lowest BCUT2D eigenvalue weighted by molar-refractivity contribution is -0.155. The number of aliphatic hydroxyl groups excluding tert-OH is 1. The van der Waals surface area contributed by atoms with E-state index in [2.05, 4.69) is 6.92 Å². The van der Waals surface area contributed by atoms with Gasteiger partial charge in [0.05, 0.1) is 6.61 Å². The molecule has 4 heteroatoms. The molecule has 1 aromatic carbocycles. The van der Waals surface area contributed by atoms with E-state index in [1.807, 2.05) is 18.2 Å². The smallest absolute Gasteiger partial charge is 0.337 e. The van der Waals surface area contributed by atoms with Crippen molar-refractivity contribution in [1.29, 1.82) is 0 Å². The lowest BCUT2D eigenvalue weighted by atomic mass is 9.94. The molecule has 20 heavy (non-hydrogen) atoms. The van der Waals surface area contributed by atoms with Crippen molar-refractivity contribution in [2.45, 2.75) is 50.5 Å². The molecule has 0 saturated heterocycles. The van der Waals surface area contributed by atoms with Crippen LogP contribution in [-0.4, -0.2) is 23.8 Å². The summed E-state index contributed by atoms with van der Waals surface area (Å²) in [6.45, 7) is 4.07. The minimum atomic E-state index is -1.38. The van der Waals surface area contributed by atoms with E-state index in [1.165, 1.54) is 0 Å². The lowest BCUT2D eigenvalue weighted by Crippen LogP contribution is -2.39. The molecule has 0 aliphatic carbocycles. The first kappa shape index (κ1) is 17.0. The molecular weight excluding hydrogens is 276 g/mol. The van der Waals surface area contributed by atoms with Gasteiger partial charge >= 0.3 is 5.97 Å². The van der Waals surface area contributed by atoms with Crippen LogP contribution in [0.4, 0.5) is 0 Å². The van der Waals surface area contributed by atoms with Crippen molar-refractivity contribution in [3.63, 3.8) is 0 Å². The van der Waals surface area contributed by atoms with Gasteiger partial charge in [0.25, 0.3) is 0 Å². The van der Waals surface area contributed by atoms with E-state index in [0.717, 1.165) is 25.7 Å². The summed E-state index contributed by atoms with van der Waals surface area (Å²) in [6, 6.07) is 9.06. The van der Waals surface area contributed by atoms with Crippen molar-refractivity contribution in [2.24, 2.45) is 0 Å². The second kappa shape index (κ2) is 8.28. The van der Waals surface area contributed by atoms with Gasteiger partial charge in [0.2, 0.25) is 0 Å². The third-order valence-electron chi connectivity index (χ3n) is 3.32. The highest BCUT2D eigenvalue weighted by atomic mass is 35.5. The number of unbranched alkanes of at least 4 members (excludes halogenated alkanes) is 3. The molecule has 0 heterocycles. The quantitative estimate of drug-likeness (QED) is 0.453. The predicted octanol–water partition coefficient (Wildman–Crippen LogP) is 3.63. The Bertz CT molecular complexity index is 403. The standard InChI is InChI=1S/C16H23ClO3/c1-3-4-5-9-12-20-15(19)14(18)16(2,17)13-10-7-6-8-11-13/h6-8,10-11,14,18H,3-5,9,12H2,1-2H3/t14-,16+/m0/s1. The zero-order valence-corrected chi connectivity index (χ0v) is 12.9. The Morgan fingerprint density at radius 1 is 1.30 bits per heavy atom. The number of ether oxygens (including phenoxy) is 1. The van der Waals surface area contributed by atoms with Crippen molar-refractivity contribution >= 4 is 17.6 Å². The maximum absolute atomic E-state index is 11.8. The van der Waals surface area contributed by atoms with Gasteiger partial charge in [-0.3, -0.25) is 0 Å². The monoisotopic (exact) mass is 298 g/mol. The normalized spacial score (nSPS) is 15.4. The Kier molecular flexibility index (Phi) is 7.03. The third-order valence-corrected chi connectivity index (χ3v) is 3.74. The summed E-state index contributed by atoms with van der Waals surface area (Å²) < 4.78 is 5.08. The van der Waals surface area contributed by atoms with E-state index in [9.17, 15) is 9.90 Å². The van der Waals surface area contributed by atoms with Gasteiger partial charge in [-0.25, -0.2) is 4.79 Å². The van der Waals surface area contributed by atoms with E-state index >= 15 is 0 Å². The number of halogens is 1. The zero-order chi connectivity index (χ0) is 15.0. The summed E-state index contributed by atoms with van der Waals surface area (Å²) in [7, 11) is 0. The topological polar surface area (TPSA) is 46.5 Å². The number of hydrogen-bond acceptors (Lipinski definition) is 3. The Labute approximate surface area is 125 Å². The highest BCUT2D eigenvalue weighted by Gasteiger charge is 2.38. The molecule has 0 aromatic heterocycles. The fourth-order valence-corrected chi connectivity index (χ4v) is 2.14. The van der Waals surface area contributed by atoms with Crippen LogP contribution in [0.5, 0.6) is 0 Å². The summed E-state index contributed by atoms with van der Waals surface area (Å²) in [4.78, 5) is 10.7. The molecule has 2 atom stereocenters. The lowest BCUT2D eigenvalue weighted by Gasteiger charge is -2.27. The second-order valence-corrected chi connectivity index (χ2v) is 5.86. The number of alkyl halides is 1. The van der Waals surface area contributed by atoms with Crippen LogP contribution in [-0.2, 0) is 14.4 Å². The number of aliphatic hydroxyl groups is 1. The molecule has 0 fully saturated rings. The SMILES string of the molecule is CCCCCCOC(=O)[C@H](O)[C@](C)(Cl)c1ccccc1. The Hall–Kier alpha value is -1.06. The average Bonchev–Trinajstić information content (AvgIpc) is 2.47. The van der Waals surface area contributed by atoms with Crippen LogP contribution >= 0.6 is 11.6 Å². The maximum Gasteiger partial charge on any atom is 0.337 e. The number of rotatable bonds is 8. The third kappa shape index (κ3) is 4.80. The Morgan fingerprint density at radius 3 is 2.55 bits per heavy atom. The molecule has 0 bridgehead atoms. The molecule has 0 aliphatic rings. The van der Waals surface area contributed by atoms with E-state index in [-0.39, 0.29) is 0 Å². The van der Waals surface area contributed by atoms with Gasteiger partial charge < -0.3 is 9.84 Å². The summed E-state index contributed by atoms with van der Waals surface area (Å²) in [5.41, 5.74) is 0.692. The number of carbonyl (C=O) groups is 1. The van der Waals surface area contributed by atoms with E-state index in [0.29, 0.717) is 12.2 Å². The molecule has 0 amide bonds. The van der Waals surface area contributed by atoms with Gasteiger partial charge in [0.15, 0.2) is 6.10 Å². The van der Waals surface area contributed by atoms with Gasteiger partial charge in [-0.05, 0) is 18.9 Å². The van der Waals surface area contributed by atoms with Crippen molar-refractivity contribution in [3.8, 4) is 0 Å². The molecule has 0 saturated carbocycles. The Morgan fingerprint density at radius 2 is 1.95 bits per heavy atom. The summed E-state index contributed by atoms with van der Waals surface area (Å²) >= 11 is 6.32. The summed E-state index contributed by atoms with van der Waals surface area (Å²) in [5.74, 6) is -0.664. The van der Waals surface area contributed by atoms with Crippen LogP contribution in [0.3, 0.4) is 0 Å². The van der Waals surface area contributed by atoms with Crippen molar-refractivity contribution in [2.75, 3.05) is 6.61 Å². The molecule has 3 nitrogen and oxygen atoms in total. The van der Waals surface area contributed by atoms with Crippen molar-refractivity contribution in [1.82, 2.24) is 0 Å². The molecule has 1 rings (SSSR count). The number of carbonyl (C=O) groups excluding carboxylic acids is 1.